The second-order valence-electron chi connectivity index (χ2n) is 11.0. The Bertz CT molecular complexity index is 1260. The summed E-state index contributed by atoms with van der Waals surface area (Å²) in [7, 11) is -4.41. The summed E-state index contributed by atoms with van der Waals surface area (Å²) < 4.78 is 88.7. The minimum Gasteiger partial charge on any atom is -0.493 e. The molecule has 0 saturated carbocycles. The Balaban J connectivity index is 1.66. The van der Waals surface area contributed by atoms with Gasteiger partial charge in [0.25, 0.3) is 0 Å². The molecular formula is C28H36F4NO6P. The van der Waals surface area contributed by atoms with Gasteiger partial charge in [0.15, 0.2) is 5.90 Å². The van der Waals surface area contributed by atoms with E-state index in [0.29, 0.717) is 29.9 Å². The van der Waals surface area contributed by atoms with E-state index < -0.39 is 30.7 Å². The fourth-order valence-electron chi connectivity index (χ4n) is 4.26. The largest absolute Gasteiger partial charge is 0.493 e. The third-order valence-corrected chi connectivity index (χ3v) is 7.38. The van der Waals surface area contributed by atoms with Gasteiger partial charge in [-0.05, 0) is 88.3 Å². The monoisotopic (exact) mass is 589 g/mol. The molecule has 2 unspecified atom stereocenters. The second-order valence-corrected chi connectivity index (χ2v) is 12.3. The summed E-state index contributed by atoms with van der Waals surface area (Å²) in [6, 6.07) is 8.61. The van der Waals surface area contributed by atoms with Crippen molar-refractivity contribution in [3.05, 3.63) is 64.5 Å². The van der Waals surface area contributed by atoms with Crippen LogP contribution in [0.5, 0.6) is 5.75 Å². The number of hydrogen-bond acceptors (Lipinski definition) is 6. The van der Waals surface area contributed by atoms with Gasteiger partial charge in [0, 0.05) is 6.92 Å². The molecule has 12 heteroatoms. The van der Waals surface area contributed by atoms with Crippen LogP contribution in [0.25, 0.3) is 0 Å². The average Bonchev–Trinajstić information content (AvgIpc) is 3.21. The van der Waals surface area contributed by atoms with Gasteiger partial charge < -0.3 is 14.4 Å². The van der Waals surface area contributed by atoms with Gasteiger partial charge in [-0.3, -0.25) is 9.05 Å². The highest BCUT2D eigenvalue weighted by molar-refractivity contribution is 7.47. The number of nitrogens with zero attached hydrogens (tertiary/aromatic N) is 1. The van der Waals surface area contributed by atoms with Gasteiger partial charge >= 0.3 is 14.0 Å². The number of aliphatic imine (C=N–C) groups is 1. The quantitative estimate of drug-likeness (QED) is 0.160. The zero-order valence-corrected chi connectivity index (χ0v) is 24.2. The molecule has 0 radical (unpaired) electrons. The number of hydrogen-bond donors (Lipinski definition) is 1. The first-order valence-corrected chi connectivity index (χ1v) is 14.4. The van der Waals surface area contributed by atoms with Crippen molar-refractivity contribution in [2.75, 3.05) is 19.8 Å². The summed E-state index contributed by atoms with van der Waals surface area (Å²) in [6.45, 7) is 7.89. The fourth-order valence-corrected chi connectivity index (χ4v) is 5.41. The van der Waals surface area contributed by atoms with E-state index in [0.717, 1.165) is 11.6 Å². The van der Waals surface area contributed by atoms with Crippen molar-refractivity contribution in [2.24, 2.45) is 4.99 Å². The number of phosphoric ester groups is 1. The van der Waals surface area contributed by atoms with E-state index in [4.69, 9.17) is 18.5 Å². The molecule has 1 aliphatic heterocycles. The molecule has 1 aliphatic rings. The summed E-state index contributed by atoms with van der Waals surface area (Å²) in [4.78, 5) is 14.5. The van der Waals surface area contributed by atoms with E-state index in [2.05, 4.69) is 4.99 Å². The van der Waals surface area contributed by atoms with Crippen molar-refractivity contribution >= 4 is 13.7 Å². The number of aryl methyl sites for hydroxylation is 3. The highest BCUT2D eigenvalue weighted by atomic mass is 31.2. The summed E-state index contributed by atoms with van der Waals surface area (Å²) >= 11 is 0. The van der Waals surface area contributed by atoms with Gasteiger partial charge in [-0.2, -0.15) is 13.2 Å². The van der Waals surface area contributed by atoms with E-state index in [1.54, 1.807) is 52.8 Å². The molecule has 0 aliphatic carbocycles. The smallest absolute Gasteiger partial charge is 0.472 e. The lowest BCUT2D eigenvalue weighted by Gasteiger charge is -2.27. The van der Waals surface area contributed by atoms with Crippen molar-refractivity contribution < 1.29 is 45.5 Å². The first-order chi connectivity index (χ1) is 18.5. The molecular weight excluding hydrogens is 553 g/mol. The van der Waals surface area contributed by atoms with Crippen LogP contribution in [0.2, 0.25) is 0 Å². The number of halogens is 4. The standard InChI is InChI=1S/C28H36F4NO6P/c1-19-15-21(8-10-24(19)29)7-6-14-36-25-11-9-22(16-23(25)28(30,31)32)12-13-27(17-37-20(2)33-27)18-38-40(34,35)39-26(3,4)5/h8-11,15-16H,6-7,12-14,17-18H2,1-5H3,(H,34,35). The van der Waals surface area contributed by atoms with Gasteiger partial charge in [-0.25, -0.2) is 13.9 Å². The number of benzene rings is 2. The van der Waals surface area contributed by atoms with Crippen molar-refractivity contribution in [3.63, 3.8) is 0 Å². The number of phosphoric acid groups is 1. The molecule has 2 aromatic carbocycles. The molecule has 0 aromatic heterocycles. The maximum absolute atomic E-state index is 13.9. The van der Waals surface area contributed by atoms with Gasteiger partial charge in [-0.15, -0.1) is 0 Å². The van der Waals surface area contributed by atoms with E-state index in [9.17, 15) is 27.0 Å². The van der Waals surface area contributed by atoms with Gasteiger partial charge in [0.2, 0.25) is 0 Å². The lowest BCUT2D eigenvalue weighted by atomic mass is 9.93. The highest BCUT2D eigenvalue weighted by Gasteiger charge is 2.40. The molecule has 0 amide bonds. The first-order valence-electron chi connectivity index (χ1n) is 12.9. The lowest BCUT2D eigenvalue weighted by Crippen LogP contribution is -2.35. The predicted octanol–water partition coefficient (Wildman–Crippen LogP) is 7.22. The number of ether oxygens (including phenoxy) is 2. The molecule has 40 heavy (non-hydrogen) atoms. The SMILES string of the molecule is CC1=NC(CCc2ccc(OCCCc3ccc(F)c(C)c3)c(C(F)(F)F)c2)(COP(=O)(O)OC(C)(C)C)CO1. The molecule has 0 saturated heterocycles. The highest BCUT2D eigenvalue weighted by Crippen LogP contribution is 2.48. The Morgan fingerprint density at radius 1 is 1.07 bits per heavy atom. The van der Waals surface area contributed by atoms with Crippen molar-refractivity contribution in [3.8, 4) is 5.75 Å². The molecule has 0 spiro atoms. The Morgan fingerprint density at radius 3 is 2.35 bits per heavy atom. The van der Waals surface area contributed by atoms with Crippen molar-refractivity contribution in [1.82, 2.24) is 0 Å². The van der Waals surface area contributed by atoms with Crippen LogP contribution in [-0.4, -0.2) is 41.8 Å². The molecule has 7 nitrogen and oxygen atoms in total. The molecule has 0 fully saturated rings. The van der Waals surface area contributed by atoms with E-state index in [1.807, 2.05) is 0 Å². The van der Waals surface area contributed by atoms with E-state index in [1.165, 1.54) is 12.1 Å². The Kier molecular flexibility index (Phi) is 10.1. The second kappa shape index (κ2) is 12.6. The van der Waals surface area contributed by atoms with Crippen LogP contribution in [0.1, 0.15) is 62.8 Å². The summed E-state index contributed by atoms with van der Waals surface area (Å²) in [5.41, 5.74) is -1.11. The molecule has 1 heterocycles. The average molecular weight is 590 g/mol. The maximum Gasteiger partial charge on any atom is 0.472 e. The van der Waals surface area contributed by atoms with Crippen LogP contribution in [0, 0.1) is 12.7 Å². The topological polar surface area (TPSA) is 86.6 Å². The zero-order chi connectivity index (χ0) is 29.8. The van der Waals surface area contributed by atoms with Crippen LogP contribution in [0.3, 0.4) is 0 Å². The number of alkyl halides is 3. The predicted molar refractivity (Wildman–Crippen MR) is 143 cm³/mol. The minimum absolute atomic E-state index is 0.0508. The summed E-state index contributed by atoms with van der Waals surface area (Å²) in [5, 5.41) is 0. The molecule has 3 rings (SSSR count). The van der Waals surface area contributed by atoms with Crippen molar-refractivity contribution in [2.45, 2.75) is 77.6 Å². The Hall–Kier alpha value is -2.46. The number of rotatable bonds is 12. The fraction of sp³-hybridized carbons (Fsp3) is 0.536. The van der Waals surface area contributed by atoms with E-state index >= 15 is 0 Å². The van der Waals surface area contributed by atoms with Gasteiger partial charge in [-0.1, -0.05) is 18.2 Å². The third-order valence-electron chi connectivity index (χ3n) is 6.15. The first kappa shape index (κ1) is 32.1. The summed E-state index contributed by atoms with van der Waals surface area (Å²) in [5.74, 6) is -0.231. The normalized spacial score (nSPS) is 19.2. The van der Waals surface area contributed by atoms with Crippen LogP contribution < -0.4 is 4.74 Å². The minimum atomic E-state index is -4.64. The molecule has 1 N–H and O–H groups in total. The molecule has 2 atom stereocenters. The summed E-state index contributed by atoms with van der Waals surface area (Å²) in [6.07, 6.45) is -3.27. The van der Waals surface area contributed by atoms with Crippen LogP contribution in [-0.2, 0) is 37.4 Å². The van der Waals surface area contributed by atoms with Crippen LogP contribution in [0.4, 0.5) is 17.6 Å². The van der Waals surface area contributed by atoms with E-state index in [-0.39, 0.29) is 44.2 Å². The van der Waals surface area contributed by atoms with Gasteiger partial charge in [0.1, 0.15) is 23.7 Å². The lowest BCUT2D eigenvalue weighted by molar-refractivity contribution is -0.139. The molecule has 222 valence electrons. The molecule has 2 aromatic rings. The zero-order valence-electron chi connectivity index (χ0n) is 23.3. The van der Waals surface area contributed by atoms with Gasteiger partial charge in [0.05, 0.1) is 24.4 Å². The third kappa shape index (κ3) is 9.58. The Morgan fingerprint density at radius 2 is 1.75 bits per heavy atom. The van der Waals surface area contributed by atoms with Crippen molar-refractivity contribution in [1.29, 1.82) is 0 Å². The maximum atomic E-state index is 13.9. The van der Waals surface area contributed by atoms with Crippen LogP contribution >= 0.6 is 7.82 Å². The van der Waals surface area contributed by atoms with Crippen LogP contribution in [0.15, 0.2) is 41.4 Å². The molecule has 0 bridgehead atoms. The Labute approximate surface area is 232 Å².